The molecule has 18 nitrogen and oxygen atoms in total. The number of hydrogen-bond donors (Lipinski definition) is 4. The highest BCUT2D eigenvalue weighted by Gasteiger charge is 2.36. The van der Waals surface area contributed by atoms with Gasteiger partial charge in [0, 0.05) is 92.1 Å². The fourth-order valence-corrected chi connectivity index (χ4v) is 20.8. The molecule has 122 heavy (non-hydrogen) atoms. The average Bonchev–Trinajstić information content (AvgIpc) is 1.66. The summed E-state index contributed by atoms with van der Waals surface area (Å²) in [4.78, 5) is 110. The van der Waals surface area contributed by atoms with Crippen LogP contribution in [-0.4, -0.2) is 106 Å². The van der Waals surface area contributed by atoms with Gasteiger partial charge in [0.15, 0.2) is 0 Å². The lowest BCUT2D eigenvalue weighted by Crippen LogP contribution is -2.32. The van der Waals surface area contributed by atoms with Gasteiger partial charge >= 0.3 is 23.9 Å². The molecule has 4 saturated heterocycles. The van der Waals surface area contributed by atoms with E-state index in [9.17, 15) is 48.6 Å². The summed E-state index contributed by atoms with van der Waals surface area (Å²) in [7, 11) is 2.81. The molecule has 4 aliphatic rings. The molecule has 8 aromatic rings. The topological polar surface area (TPSA) is 249 Å². The van der Waals surface area contributed by atoms with Gasteiger partial charge in [-0.25, -0.2) is 19.2 Å². The van der Waals surface area contributed by atoms with E-state index in [1.807, 2.05) is 105 Å². The van der Waals surface area contributed by atoms with Crippen molar-refractivity contribution in [2.45, 2.75) is 321 Å². The molecule has 4 fully saturated rings. The van der Waals surface area contributed by atoms with Crippen LogP contribution >= 0.6 is 45.3 Å². The smallest absolute Gasteiger partial charge is 0.348 e. The molecule has 0 radical (unpaired) electrons. The second kappa shape index (κ2) is 51.0. The Labute approximate surface area is 740 Å². The summed E-state index contributed by atoms with van der Waals surface area (Å²) in [5.74, 6) is -0.408. The molecule has 4 aromatic heterocycles. The van der Waals surface area contributed by atoms with E-state index < -0.39 is 24.1 Å². The second-order valence-electron chi connectivity index (χ2n) is 33.2. The molecule has 4 amide bonds. The van der Waals surface area contributed by atoms with Gasteiger partial charge in [0.25, 0.3) is 0 Å². The van der Waals surface area contributed by atoms with Crippen LogP contribution in [0.1, 0.15) is 352 Å². The summed E-state index contributed by atoms with van der Waals surface area (Å²) in [5, 5.41) is 38.8. The highest BCUT2D eigenvalue weighted by atomic mass is 32.1. The first kappa shape index (κ1) is 97.2. The average molecular weight is 1740 g/mol. The zero-order valence-electron chi connectivity index (χ0n) is 73.2. The number of benzene rings is 4. The highest BCUT2D eigenvalue weighted by Crippen LogP contribution is 2.38. The number of esters is 2. The third kappa shape index (κ3) is 29.2. The molecule has 0 unspecified atom stereocenters. The molecule has 0 spiro atoms. The van der Waals surface area contributed by atoms with Crippen LogP contribution in [0.4, 0.5) is 22.7 Å². The van der Waals surface area contributed by atoms with Gasteiger partial charge in [-0.2, -0.15) is 0 Å². The summed E-state index contributed by atoms with van der Waals surface area (Å²) in [6.07, 6.45) is 34.3. The number of methoxy groups -OCH3 is 2. The van der Waals surface area contributed by atoms with Gasteiger partial charge in [-0.05, 0) is 260 Å². The van der Waals surface area contributed by atoms with Crippen LogP contribution in [0.15, 0.2) is 146 Å². The maximum Gasteiger partial charge on any atom is 0.348 e. The predicted octanol–water partition coefficient (Wildman–Crippen LogP) is 24.6. The number of carbonyl (C=O) groups is 8. The number of carboxylic acid groups (broad SMARTS) is 2. The molecule has 4 aromatic carbocycles. The summed E-state index contributed by atoms with van der Waals surface area (Å²) < 4.78 is 9.55. The van der Waals surface area contributed by atoms with E-state index >= 15 is 0 Å². The lowest BCUT2D eigenvalue weighted by molar-refractivity contribution is -0.118. The van der Waals surface area contributed by atoms with Gasteiger partial charge in [-0.15, -0.1) is 45.3 Å². The minimum Gasteiger partial charge on any atom is -0.477 e. The van der Waals surface area contributed by atoms with Crippen LogP contribution in [0.2, 0.25) is 0 Å². The van der Waals surface area contributed by atoms with E-state index in [0.29, 0.717) is 57.0 Å². The third-order valence-electron chi connectivity index (χ3n) is 24.2. The largest absolute Gasteiger partial charge is 0.477 e. The Kier molecular flexibility index (Phi) is 40.6. The number of ether oxygens (including phenoxy) is 2. The van der Waals surface area contributed by atoms with Crippen molar-refractivity contribution in [3.63, 3.8) is 0 Å². The monoisotopic (exact) mass is 1740 g/mol. The molecule has 660 valence electrons. The number of nitrogens with zero attached hydrogens (tertiary/aromatic N) is 4. The van der Waals surface area contributed by atoms with E-state index in [0.717, 1.165) is 203 Å². The van der Waals surface area contributed by atoms with Gasteiger partial charge in [0.1, 0.15) is 19.5 Å². The molecule has 22 heteroatoms. The molecule has 4 N–H and O–H groups in total. The minimum atomic E-state index is -0.877. The molecule has 4 aliphatic heterocycles. The number of aromatic carboxylic acids is 2. The number of carbonyl (C=O) groups excluding carboxylic acids is 6. The van der Waals surface area contributed by atoms with Crippen LogP contribution in [0, 0.1) is 0 Å². The van der Waals surface area contributed by atoms with Gasteiger partial charge in [-0.1, -0.05) is 167 Å². The van der Waals surface area contributed by atoms with Crippen molar-refractivity contribution >= 4 is 116 Å². The number of aliphatic hydroxyl groups is 2. The van der Waals surface area contributed by atoms with Gasteiger partial charge in [0.05, 0.1) is 26.4 Å². The minimum absolute atomic E-state index is 0.153. The Morgan fingerprint density at radius 2 is 0.574 bits per heavy atom. The molecule has 0 bridgehead atoms. The van der Waals surface area contributed by atoms with Gasteiger partial charge in [0.2, 0.25) is 23.6 Å². The molecule has 0 saturated carbocycles. The summed E-state index contributed by atoms with van der Waals surface area (Å²) in [5.41, 5.74) is 8.40. The number of rotatable bonds is 44. The summed E-state index contributed by atoms with van der Waals surface area (Å²) in [6.45, 7) is 13.4. The van der Waals surface area contributed by atoms with Crippen molar-refractivity contribution < 1.29 is 68.3 Å². The van der Waals surface area contributed by atoms with Crippen LogP contribution in [0.5, 0.6) is 0 Å². The predicted molar refractivity (Wildman–Crippen MR) is 497 cm³/mol. The Morgan fingerprint density at radius 3 is 0.811 bits per heavy atom. The first-order valence-electron chi connectivity index (χ1n) is 45.1. The number of aliphatic hydroxyl groups excluding tert-OH is 2. The van der Waals surface area contributed by atoms with Gasteiger partial charge < -0.3 is 49.5 Å². The zero-order chi connectivity index (χ0) is 87.5. The van der Waals surface area contributed by atoms with Crippen molar-refractivity contribution in [3.05, 3.63) is 207 Å². The van der Waals surface area contributed by atoms with Crippen molar-refractivity contribution in [1.29, 1.82) is 0 Å². The lowest BCUT2D eigenvalue weighted by Gasteiger charge is -2.25. The number of anilines is 4. The van der Waals surface area contributed by atoms with E-state index in [1.165, 1.54) is 127 Å². The first-order valence-corrected chi connectivity index (χ1v) is 48.3. The molecular weight excluding hydrogens is 1610 g/mol. The van der Waals surface area contributed by atoms with Crippen LogP contribution in [0.25, 0.3) is 0 Å². The molecule has 0 aliphatic carbocycles. The molecular formula is C100H132N4O14S4. The quantitative estimate of drug-likeness (QED) is 0.0205. The van der Waals surface area contributed by atoms with Gasteiger partial charge in [-0.3, -0.25) is 19.2 Å². The Morgan fingerprint density at radius 1 is 0.336 bits per heavy atom. The van der Waals surface area contributed by atoms with E-state index in [4.69, 9.17) is 19.7 Å². The fourth-order valence-electron chi connectivity index (χ4n) is 17.1. The standard InChI is InChI=1S/C26H35NO3S.C25H33NO4S.C25H33NO3S.C24H31NO4S/c1-4-5-6-8-19(2)20-11-13-22(14-12-20)27-21(15-18-25(27)28)9-7-10-23-16-17-24(31-23)26(29)30-3;1-3-4-5-9-22(27)18-10-12-20(13-11-18)26-19(14-17-24(26)28)7-6-8-21-15-16-23(31-21)25(29)30-2;1-3-4-5-7-18(2)19-10-12-21(13-11-19)26-20(14-17-24(26)27)8-6-9-22-15-16-23(30-22)25(28)29;1-2-3-4-8-21(26)17-9-11-19(12-10-17)25-18(13-16-23(25)27)6-5-7-20-14-15-22(30-20)24(28)29/h11-14,16-17,19,21H,4-10,15,18H2,1-3H3;10-13,15-16,19,22,27H,3-9,14,17H2,1-2H3;10-13,15-16,18,20H,3-9,14,17H2,1-2H3,(H,28,29);9-12,14-15,18,21,26H,2-8,13,16H2,1H3,(H,28,29)/t19-,21-;19-,22-;18-,20-;18-,21-/m0000/s1. The number of hydrogen-bond acceptors (Lipinski definition) is 16. The summed E-state index contributed by atoms with van der Waals surface area (Å²) in [6, 6.07) is 48.5. The third-order valence-corrected chi connectivity index (χ3v) is 28.7. The number of thiophene rings is 4. The van der Waals surface area contributed by atoms with E-state index in [-0.39, 0.29) is 59.7 Å². The van der Waals surface area contributed by atoms with Crippen molar-refractivity contribution in [1.82, 2.24) is 0 Å². The van der Waals surface area contributed by atoms with Crippen molar-refractivity contribution in [2.24, 2.45) is 0 Å². The molecule has 12 rings (SSSR count). The Balaban J connectivity index is 0.000000185. The zero-order valence-corrected chi connectivity index (χ0v) is 76.5. The van der Waals surface area contributed by atoms with E-state index in [1.54, 1.807) is 12.1 Å². The number of aryl methyl sites for hydroxylation is 4. The number of carboxylic acids is 2. The molecule has 8 atom stereocenters. The Hall–Kier alpha value is -8.64. The van der Waals surface area contributed by atoms with Crippen LogP contribution in [-0.2, 0) is 54.3 Å². The second-order valence-corrected chi connectivity index (χ2v) is 37.9. The number of unbranched alkanes of at least 4 members (excludes halogenated alkanes) is 8. The maximum atomic E-state index is 12.6. The highest BCUT2D eigenvalue weighted by molar-refractivity contribution is 7.14. The van der Waals surface area contributed by atoms with Crippen LogP contribution in [0.3, 0.4) is 0 Å². The Bertz CT molecular complexity index is 4260. The van der Waals surface area contributed by atoms with E-state index in [2.05, 4.69) is 90.1 Å². The first-order chi connectivity index (χ1) is 59.0. The summed E-state index contributed by atoms with van der Waals surface area (Å²) >= 11 is 5.66. The molecule has 8 heterocycles. The van der Waals surface area contributed by atoms with Crippen molar-refractivity contribution in [2.75, 3.05) is 33.8 Å². The normalized spacial score (nSPS) is 17.3. The van der Waals surface area contributed by atoms with Crippen molar-refractivity contribution in [3.8, 4) is 0 Å². The lowest BCUT2D eigenvalue weighted by atomic mass is 9.95. The van der Waals surface area contributed by atoms with Crippen LogP contribution < -0.4 is 19.6 Å². The fraction of sp³-hybridized carbons (Fsp3) is 0.520. The number of amides is 4. The SMILES string of the molecule is CCCCC[C@H](C)c1ccc(N2C(=O)CC[C@@H]2CCCc2ccc(C(=O)O)s2)cc1.CCCCC[C@H](C)c1ccc(N2C(=O)CC[C@@H]2CCCc2ccc(C(=O)OC)s2)cc1.CCCCC[C@H](O)c1ccc(N2C(=O)CC[C@@H]2CCCc2ccc(C(=O)O)s2)cc1.CCCCC[C@H](O)c1ccc(N2C(=O)CC[C@@H]2CCCc2ccc(C(=O)OC)s2)cc1. The maximum absolute atomic E-state index is 12.6.